The third kappa shape index (κ3) is 3.63. The van der Waals surface area contributed by atoms with Gasteiger partial charge >= 0.3 is 0 Å². The third-order valence-electron chi connectivity index (χ3n) is 2.60. The van der Waals surface area contributed by atoms with E-state index < -0.39 is 0 Å². The smallest absolute Gasteiger partial charge is 0.145 e. The van der Waals surface area contributed by atoms with Crippen LogP contribution in [0.3, 0.4) is 0 Å². The first-order valence-electron chi connectivity index (χ1n) is 5.92. The first-order valence-corrected chi connectivity index (χ1v) is 5.92. The van der Waals surface area contributed by atoms with E-state index in [1.54, 1.807) is 48.5 Å². The van der Waals surface area contributed by atoms with E-state index in [-0.39, 0.29) is 6.61 Å². The van der Waals surface area contributed by atoms with Gasteiger partial charge < -0.3 is 9.53 Å². The Morgan fingerprint density at radius 3 is 2.26 bits per heavy atom. The van der Waals surface area contributed by atoms with Crippen molar-refractivity contribution in [2.45, 2.75) is 6.61 Å². The molecule has 3 nitrogen and oxygen atoms in total. The number of hydrogen-bond donors (Lipinski definition) is 0. The Balaban J connectivity index is 2.03. The van der Waals surface area contributed by atoms with Crippen LogP contribution in [0.25, 0.3) is 0 Å². The summed E-state index contributed by atoms with van der Waals surface area (Å²) in [5, 5.41) is 0.621. The van der Waals surface area contributed by atoms with Gasteiger partial charge in [-0.15, -0.1) is 0 Å². The maximum atomic E-state index is 14.1. The van der Waals surface area contributed by atoms with Gasteiger partial charge in [-0.3, -0.25) is 0 Å². The van der Waals surface area contributed by atoms with E-state index in [1.807, 2.05) is 6.07 Å². The molecule has 19 heavy (non-hydrogen) atoms. The number of aldehydes is 1. The van der Waals surface area contributed by atoms with Crippen molar-refractivity contribution in [2.75, 3.05) is 11.7 Å². The van der Waals surface area contributed by atoms with Crippen LogP contribution in [0.15, 0.2) is 54.6 Å². The molecule has 0 N–H and O–H groups in total. The second kappa shape index (κ2) is 6.66. The van der Waals surface area contributed by atoms with E-state index in [0.717, 1.165) is 5.56 Å². The Morgan fingerprint density at radius 1 is 1.00 bits per heavy atom. The van der Waals surface area contributed by atoms with Crippen molar-refractivity contribution >= 4 is 17.7 Å². The fourth-order valence-electron chi connectivity index (χ4n) is 1.66. The number of ether oxygens (including phenoxy) is 1. The summed E-state index contributed by atoms with van der Waals surface area (Å²) in [6, 6.07) is 15.7. The molecule has 0 saturated heterocycles. The standard InChI is InChI=1S/C15H14FNO2/c16-17(14-4-2-1-3-5-14)15-8-6-13(7-9-15)12-19-11-10-18/h1-10H,11-12H2. The van der Waals surface area contributed by atoms with Crippen molar-refractivity contribution in [1.29, 1.82) is 0 Å². The number of carbonyl (C=O) groups excluding carboxylic acids is 1. The molecule has 0 saturated carbocycles. The molecule has 0 atom stereocenters. The van der Waals surface area contributed by atoms with Crippen LogP contribution in [0.4, 0.5) is 15.9 Å². The Kier molecular flexibility index (Phi) is 4.64. The monoisotopic (exact) mass is 259 g/mol. The molecule has 0 fully saturated rings. The molecule has 0 spiro atoms. The Hall–Kier alpha value is -2.20. The van der Waals surface area contributed by atoms with Crippen LogP contribution in [0.5, 0.6) is 0 Å². The van der Waals surface area contributed by atoms with Crippen LogP contribution >= 0.6 is 0 Å². The topological polar surface area (TPSA) is 29.5 Å². The highest BCUT2D eigenvalue weighted by atomic mass is 19.2. The lowest BCUT2D eigenvalue weighted by atomic mass is 10.2. The molecule has 98 valence electrons. The fraction of sp³-hybridized carbons (Fsp3) is 0.133. The third-order valence-corrected chi connectivity index (χ3v) is 2.60. The van der Waals surface area contributed by atoms with Gasteiger partial charge in [-0.2, -0.15) is 5.12 Å². The van der Waals surface area contributed by atoms with Gasteiger partial charge in [-0.05, 0) is 29.8 Å². The van der Waals surface area contributed by atoms with Crippen LogP contribution < -0.4 is 5.12 Å². The maximum Gasteiger partial charge on any atom is 0.145 e. The van der Waals surface area contributed by atoms with Crippen LogP contribution in [0.1, 0.15) is 5.56 Å². The second-order valence-corrected chi connectivity index (χ2v) is 3.96. The zero-order chi connectivity index (χ0) is 13.5. The summed E-state index contributed by atoms with van der Waals surface area (Å²) in [4.78, 5) is 10.1. The molecule has 2 aromatic carbocycles. The van der Waals surface area contributed by atoms with Crippen LogP contribution in [0.2, 0.25) is 0 Å². The van der Waals surface area contributed by atoms with Gasteiger partial charge in [0.2, 0.25) is 0 Å². The largest absolute Gasteiger partial charge is 0.369 e. The Bertz CT molecular complexity index is 513. The lowest BCUT2D eigenvalue weighted by Crippen LogP contribution is -2.03. The van der Waals surface area contributed by atoms with Crippen LogP contribution in [-0.2, 0) is 16.1 Å². The molecule has 0 radical (unpaired) electrons. The van der Waals surface area contributed by atoms with Gasteiger partial charge in [0.05, 0.1) is 18.0 Å². The van der Waals surface area contributed by atoms with Crippen molar-refractivity contribution in [3.63, 3.8) is 0 Å². The summed E-state index contributed by atoms with van der Waals surface area (Å²) in [6.07, 6.45) is 0.701. The number of nitrogens with zero attached hydrogens (tertiary/aromatic N) is 1. The quantitative estimate of drug-likeness (QED) is 0.452. The number of anilines is 2. The molecule has 0 unspecified atom stereocenters. The fourth-order valence-corrected chi connectivity index (χ4v) is 1.66. The molecule has 2 aromatic rings. The van der Waals surface area contributed by atoms with Crippen molar-refractivity contribution < 1.29 is 14.0 Å². The molecule has 0 amide bonds. The summed E-state index contributed by atoms with van der Waals surface area (Å²) in [5.41, 5.74) is 1.82. The molecule has 0 aliphatic heterocycles. The molecule has 4 heteroatoms. The molecule has 0 aliphatic rings. The summed E-state index contributed by atoms with van der Waals surface area (Å²) >= 11 is 0. The second-order valence-electron chi connectivity index (χ2n) is 3.96. The summed E-state index contributed by atoms with van der Waals surface area (Å²) < 4.78 is 19.1. The molecule has 0 aliphatic carbocycles. The van der Waals surface area contributed by atoms with Gasteiger partial charge in [0, 0.05) is 0 Å². The zero-order valence-corrected chi connectivity index (χ0v) is 10.3. The Labute approximate surface area is 111 Å². The highest BCUT2D eigenvalue weighted by Crippen LogP contribution is 2.25. The van der Waals surface area contributed by atoms with E-state index in [1.165, 1.54) is 0 Å². The van der Waals surface area contributed by atoms with Gasteiger partial charge in [-0.25, -0.2) is 0 Å². The minimum atomic E-state index is 0.0704. The first kappa shape index (κ1) is 13.2. The number of benzene rings is 2. The normalized spacial score (nSPS) is 10.2. The minimum Gasteiger partial charge on any atom is -0.369 e. The van der Waals surface area contributed by atoms with Crippen molar-refractivity contribution in [1.82, 2.24) is 0 Å². The van der Waals surface area contributed by atoms with Crippen LogP contribution in [-0.4, -0.2) is 12.9 Å². The average molecular weight is 259 g/mol. The average Bonchev–Trinajstić information content (AvgIpc) is 2.48. The SMILES string of the molecule is O=CCOCc1ccc(N(F)c2ccccc2)cc1. The summed E-state index contributed by atoms with van der Waals surface area (Å²) in [5.74, 6) is 0. The van der Waals surface area contributed by atoms with E-state index >= 15 is 0 Å². The maximum absolute atomic E-state index is 14.1. The lowest BCUT2D eigenvalue weighted by Gasteiger charge is -2.14. The molecular weight excluding hydrogens is 245 g/mol. The number of halogens is 1. The predicted octanol–water partition coefficient (Wildman–Crippen LogP) is 3.42. The predicted molar refractivity (Wildman–Crippen MR) is 71.9 cm³/mol. The Morgan fingerprint density at radius 2 is 1.63 bits per heavy atom. The minimum absolute atomic E-state index is 0.0704. The molecule has 0 aromatic heterocycles. The molecular formula is C15H14FNO2. The van der Waals surface area contributed by atoms with Crippen molar-refractivity contribution in [3.8, 4) is 0 Å². The summed E-state index contributed by atoms with van der Waals surface area (Å²) in [6.45, 7) is 0.414. The molecule has 0 heterocycles. The number of carbonyl (C=O) groups is 1. The highest BCUT2D eigenvalue weighted by Gasteiger charge is 2.07. The van der Waals surface area contributed by atoms with E-state index in [0.29, 0.717) is 29.4 Å². The van der Waals surface area contributed by atoms with Gasteiger partial charge in [0.15, 0.2) is 0 Å². The van der Waals surface area contributed by atoms with E-state index in [2.05, 4.69) is 0 Å². The lowest BCUT2D eigenvalue weighted by molar-refractivity contribution is -0.112. The number of hydrogen-bond acceptors (Lipinski definition) is 3. The van der Waals surface area contributed by atoms with Crippen molar-refractivity contribution in [2.24, 2.45) is 0 Å². The van der Waals surface area contributed by atoms with E-state index in [9.17, 15) is 9.28 Å². The van der Waals surface area contributed by atoms with Gasteiger partial charge in [0.25, 0.3) is 0 Å². The number of rotatable bonds is 6. The van der Waals surface area contributed by atoms with E-state index in [4.69, 9.17) is 4.74 Å². The summed E-state index contributed by atoms with van der Waals surface area (Å²) in [7, 11) is 0. The van der Waals surface area contributed by atoms with Gasteiger partial charge in [-0.1, -0.05) is 34.8 Å². The number of para-hydroxylation sites is 1. The van der Waals surface area contributed by atoms with Crippen molar-refractivity contribution in [3.05, 3.63) is 60.2 Å². The van der Waals surface area contributed by atoms with Gasteiger partial charge in [0.1, 0.15) is 12.9 Å². The van der Waals surface area contributed by atoms with Crippen LogP contribution in [0, 0.1) is 0 Å². The molecule has 2 rings (SSSR count). The molecule has 0 bridgehead atoms. The first-order chi connectivity index (χ1) is 9.31. The highest BCUT2D eigenvalue weighted by molar-refractivity contribution is 5.60. The zero-order valence-electron chi connectivity index (χ0n) is 10.3.